The molecule has 5 heteroatoms. The lowest BCUT2D eigenvalue weighted by Gasteiger charge is -2.08. The van der Waals surface area contributed by atoms with Crippen molar-refractivity contribution >= 4 is 17.1 Å². The van der Waals surface area contributed by atoms with Crippen LogP contribution in [0.3, 0.4) is 0 Å². The zero-order chi connectivity index (χ0) is 13.8. The van der Waals surface area contributed by atoms with Crippen LogP contribution >= 0.6 is 0 Å². The summed E-state index contributed by atoms with van der Waals surface area (Å²) in [5, 5.41) is 20.4. The van der Waals surface area contributed by atoms with Crippen molar-refractivity contribution in [3.8, 4) is 12.1 Å². The average Bonchev–Trinajstić information content (AvgIpc) is 2.43. The predicted molar refractivity (Wildman–Crippen MR) is 70.0 cm³/mol. The van der Waals surface area contributed by atoms with Crippen LogP contribution in [-0.4, -0.2) is 0 Å². The quantitative estimate of drug-likeness (QED) is 0.804. The monoisotopic (exact) mass is 252 g/mol. The van der Waals surface area contributed by atoms with Crippen LogP contribution in [0.15, 0.2) is 36.4 Å². The number of nitrogens with zero attached hydrogens (tertiary/aromatic N) is 2. The van der Waals surface area contributed by atoms with Gasteiger partial charge in [-0.05, 0) is 36.4 Å². The maximum absolute atomic E-state index is 13.7. The lowest BCUT2D eigenvalue weighted by molar-refractivity contribution is 0.631. The van der Waals surface area contributed by atoms with Crippen molar-refractivity contribution in [1.82, 2.24) is 0 Å². The van der Waals surface area contributed by atoms with Crippen LogP contribution in [0.25, 0.3) is 0 Å². The van der Waals surface area contributed by atoms with Gasteiger partial charge in [0.1, 0.15) is 11.9 Å². The van der Waals surface area contributed by atoms with E-state index in [-0.39, 0.29) is 11.3 Å². The van der Waals surface area contributed by atoms with E-state index in [0.717, 1.165) is 6.07 Å². The highest BCUT2D eigenvalue weighted by molar-refractivity contribution is 5.67. The zero-order valence-corrected chi connectivity index (χ0v) is 9.81. The molecule has 0 aliphatic carbocycles. The normalized spacial score (nSPS) is 9.42. The molecule has 0 saturated heterocycles. The van der Waals surface area contributed by atoms with Gasteiger partial charge in [0.25, 0.3) is 0 Å². The molecule has 0 unspecified atom stereocenters. The summed E-state index contributed by atoms with van der Waals surface area (Å²) in [5.41, 5.74) is 7.32. The second-order valence-corrected chi connectivity index (χ2v) is 3.85. The van der Waals surface area contributed by atoms with Gasteiger partial charge in [-0.15, -0.1) is 0 Å². The molecule has 0 bridgehead atoms. The minimum absolute atomic E-state index is 0.229. The molecule has 2 aromatic rings. The van der Waals surface area contributed by atoms with Crippen molar-refractivity contribution in [2.24, 2.45) is 0 Å². The number of nitrogens with one attached hydrogen (secondary N) is 1. The van der Waals surface area contributed by atoms with Gasteiger partial charge in [0.05, 0.1) is 22.9 Å². The molecule has 2 rings (SSSR count). The molecule has 0 aliphatic heterocycles. The van der Waals surface area contributed by atoms with Gasteiger partial charge in [-0.3, -0.25) is 0 Å². The first-order chi connectivity index (χ1) is 9.13. The topological polar surface area (TPSA) is 85.6 Å². The van der Waals surface area contributed by atoms with Gasteiger partial charge < -0.3 is 11.1 Å². The number of halogens is 1. The number of rotatable bonds is 2. The third kappa shape index (κ3) is 2.62. The average molecular weight is 252 g/mol. The second-order valence-electron chi connectivity index (χ2n) is 3.85. The van der Waals surface area contributed by atoms with E-state index in [1.165, 1.54) is 18.2 Å². The molecular formula is C14H9FN4. The lowest BCUT2D eigenvalue weighted by Crippen LogP contribution is -1.97. The Labute approximate surface area is 109 Å². The van der Waals surface area contributed by atoms with Gasteiger partial charge in [0, 0.05) is 11.4 Å². The molecule has 0 radical (unpaired) electrons. The smallest absolute Gasteiger partial charge is 0.147 e. The summed E-state index contributed by atoms with van der Waals surface area (Å²) in [6.45, 7) is 0. The lowest BCUT2D eigenvalue weighted by atomic mass is 10.1. The standard InChI is InChI=1S/C14H9FN4/c15-12-5-9(7-16)1-4-14(12)19-11-2-3-13(18)10(6-11)8-17/h1-6,19H,18H2. The number of nitriles is 2. The molecule has 0 aliphatic rings. The summed E-state index contributed by atoms with van der Waals surface area (Å²) in [5.74, 6) is -0.533. The van der Waals surface area contributed by atoms with E-state index in [9.17, 15) is 4.39 Å². The van der Waals surface area contributed by atoms with Crippen LogP contribution in [0.1, 0.15) is 11.1 Å². The summed E-state index contributed by atoms with van der Waals surface area (Å²) < 4.78 is 13.7. The van der Waals surface area contributed by atoms with E-state index in [1.54, 1.807) is 12.1 Å². The molecule has 0 heterocycles. The number of hydrogen-bond donors (Lipinski definition) is 2. The molecule has 0 spiro atoms. The molecule has 0 amide bonds. The Morgan fingerprint density at radius 3 is 2.47 bits per heavy atom. The molecule has 3 N–H and O–H groups in total. The second kappa shape index (κ2) is 5.07. The van der Waals surface area contributed by atoms with Crippen LogP contribution in [0, 0.1) is 28.5 Å². The van der Waals surface area contributed by atoms with Crippen LogP contribution in [0.2, 0.25) is 0 Å². The Bertz CT molecular complexity index is 710. The maximum atomic E-state index is 13.7. The highest BCUT2D eigenvalue weighted by Gasteiger charge is 2.05. The Morgan fingerprint density at radius 1 is 1.05 bits per heavy atom. The van der Waals surface area contributed by atoms with Crippen molar-refractivity contribution in [1.29, 1.82) is 10.5 Å². The zero-order valence-electron chi connectivity index (χ0n) is 9.81. The number of nitrogen functional groups attached to an aromatic ring is 1. The first-order valence-corrected chi connectivity index (χ1v) is 5.40. The molecule has 4 nitrogen and oxygen atoms in total. The SMILES string of the molecule is N#Cc1ccc(Nc2ccc(N)c(C#N)c2)c(F)c1. The summed E-state index contributed by atoms with van der Waals surface area (Å²) in [6, 6.07) is 12.7. The highest BCUT2D eigenvalue weighted by atomic mass is 19.1. The van der Waals surface area contributed by atoms with Crippen LogP contribution in [0.4, 0.5) is 21.5 Å². The van der Waals surface area contributed by atoms with Crippen LogP contribution in [0.5, 0.6) is 0 Å². The predicted octanol–water partition coefficient (Wildman–Crippen LogP) is 2.89. The summed E-state index contributed by atoms with van der Waals surface area (Å²) in [7, 11) is 0. The first-order valence-electron chi connectivity index (χ1n) is 5.40. The molecular weight excluding hydrogens is 243 g/mol. The van der Waals surface area contributed by atoms with Crippen LogP contribution in [-0.2, 0) is 0 Å². The Balaban J connectivity index is 2.32. The van der Waals surface area contributed by atoms with Crippen molar-refractivity contribution in [3.63, 3.8) is 0 Å². The van der Waals surface area contributed by atoms with Gasteiger partial charge in [0.2, 0.25) is 0 Å². The number of anilines is 3. The van der Waals surface area contributed by atoms with Crippen molar-refractivity contribution in [2.75, 3.05) is 11.1 Å². The van der Waals surface area contributed by atoms with E-state index in [0.29, 0.717) is 16.9 Å². The Hall–Kier alpha value is -3.05. The third-order valence-electron chi connectivity index (χ3n) is 2.55. The molecule has 92 valence electrons. The highest BCUT2D eigenvalue weighted by Crippen LogP contribution is 2.23. The van der Waals surface area contributed by atoms with E-state index in [1.807, 2.05) is 12.1 Å². The van der Waals surface area contributed by atoms with E-state index in [4.69, 9.17) is 16.3 Å². The molecule has 0 aromatic heterocycles. The van der Waals surface area contributed by atoms with Gasteiger partial charge in [-0.1, -0.05) is 0 Å². The Kier molecular flexibility index (Phi) is 3.31. The number of nitrogens with two attached hydrogens (primary N) is 1. The van der Waals surface area contributed by atoms with E-state index in [2.05, 4.69) is 5.32 Å². The van der Waals surface area contributed by atoms with Crippen molar-refractivity contribution < 1.29 is 4.39 Å². The largest absolute Gasteiger partial charge is 0.398 e. The maximum Gasteiger partial charge on any atom is 0.147 e. The van der Waals surface area contributed by atoms with Gasteiger partial charge in [-0.25, -0.2) is 4.39 Å². The van der Waals surface area contributed by atoms with Gasteiger partial charge >= 0.3 is 0 Å². The van der Waals surface area contributed by atoms with E-state index < -0.39 is 5.82 Å². The first kappa shape index (κ1) is 12.4. The molecule has 0 fully saturated rings. The fraction of sp³-hybridized carbons (Fsp3) is 0. The van der Waals surface area contributed by atoms with Crippen LogP contribution < -0.4 is 11.1 Å². The fourth-order valence-electron chi connectivity index (χ4n) is 1.57. The summed E-state index contributed by atoms with van der Waals surface area (Å²) >= 11 is 0. The van der Waals surface area contributed by atoms with E-state index >= 15 is 0 Å². The molecule has 19 heavy (non-hydrogen) atoms. The minimum Gasteiger partial charge on any atom is -0.398 e. The summed E-state index contributed by atoms with van der Waals surface area (Å²) in [4.78, 5) is 0. The fourth-order valence-corrected chi connectivity index (χ4v) is 1.57. The van der Waals surface area contributed by atoms with Crippen molar-refractivity contribution in [3.05, 3.63) is 53.3 Å². The van der Waals surface area contributed by atoms with Crippen molar-refractivity contribution in [2.45, 2.75) is 0 Å². The van der Waals surface area contributed by atoms with Gasteiger partial charge in [-0.2, -0.15) is 10.5 Å². The molecule has 0 saturated carbocycles. The Morgan fingerprint density at radius 2 is 1.84 bits per heavy atom. The number of benzene rings is 2. The molecule has 2 aromatic carbocycles. The van der Waals surface area contributed by atoms with Gasteiger partial charge in [0.15, 0.2) is 0 Å². The summed E-state index contributed by atoms with van der Waals surface area (Å²) in [6.07, 6.45) is 0. The molecule has 0 atom stereocenters. The third-order valence-corrected chi connectivity index (χ3v) is 2.55. The minimum atomic E-state index is -0.533. The number of hydrogen-bond acceptors (Lipinski definition) is 4.